The highest BCUT2D eigenvalue weighted by Gasteiger charge is 2.18. The van der Waals surface area contributed by atoms with Gasteiger partial charge in [0.2, 0.25) is 0 Å². The van der Waals surface area contributed by atoms with Crippen LogP contribution in [0.4, 0.5) is 0 Å². The Hall–Kier alpha value is -1.57. The fourth-order valence-electron chi connectivity index (χ4n) is 1.49. The van der Waals surface area contributed by atoms with Crippen LogP contribution in [0.25, 0.3) is 6.08 Å². The molecule has 0 aliphatic carbocycles. The predicted octanol–water partition coefficient (Wildman–Crippen LogP) is 1.99. The zero-order valence-electron chi connectivity index (χ0n) is 9.33. The number of aromatic carboxylic acids is 1. The molecule has 0 amide bonds. The molecule has 0 bridgehead atoms. The average Bonchev–Trinajstić information content (AvgIpc) is 2.15. The molecule has 0 N–H and O–H groups in total. The first kappa shape index (κ1) is 11.5. The van der Waals surface area contributed by atoms with E-state index in [1.807, 2.05) is 26.8 Å². The molecule has 0 unspecified atom stereocenters. The molecule has 1 aromatic rings. The van der Waals surface area contributed by atoms with Crippen LogP contribution in [0.5, 0.6) is 0 Å². The zero-order valence-corrected chi connectivity index (χ0v) is 9.33. The minimum atomic E-state index is -1.13. The first-order valence-electron chi connectivity index (χ1n) is 4.84. The van der Waals surface area contributed by atoms with Crippen molar-refractivity contribution in [2.24, 2.45) is 0 Å². The maximum absolute atomic E-state index is 10.9. The standard InChI is InChI=1S/C13H16O2/c1-5-9-6-7-10(12(14)15)11(8-9)13(2,3)4/h5-8H,1H2,2-4H3,(H,14,15)/p-1. The van der Waals surface area contributed by atoms with Gasteiger partial charge in [0.05, 0.1) is 5.97 Å². The Morgan fingerprint density at radius 3 is 2.40 bits per heavy atom. The van der Waals surface area contributed by atoms with Gasteiger partial charge in [-0.05, 0) is 16.5 Å². The molecular weight excluding hydrogens is 188 g/mol. The molecule has 0 atom stereocenters. The molecule has 0 saturated carbocycles. The van der Waals surface area contributed by atoms with Crippen molar-refractivity contribution in [3.05, 3.63) is 41.5 Å². The smallest absolute Gasteiger partial charge is 0.0718 e. The van der Waals surface area contributed by atoms with Crippen LogP contribution in [0.1, 0.15) is 42.3 Å². The number of rotatable bonds is 2. The number of hydrogen-bond acceptors (Lipinski definition) is 2. The van der Waals surface area contributed by atoms with Gasteiger partial charge in [0.1, 0.15) is 0 Å². The maximum atomic E-state index is 10.9. The summed E-state index contributed by atoms with van der Waals surface area (Å²) < 4.78 is 0. The number of carbonyl (C=O) groups excluding carboxylic acids is 1. The topological polar surface area (TPSA) is 40.1 Å². The summed E-state index contributed by atoms with van der Waals surface area (Å²) in [6.07, 6.45) is 1.70. The highest BCUT2D eigenvalue weighted by atomic mass is 16.4. The highest BCUT2D eigenvalue weighted by molar-refractivity contribution is 5.88. The van der Waals surface area contributed by atoms with E-state index in [4.69, 9.17) is 0 Å². The Labute approximate surface area is 90.3 Å². The van der Waals surface area contributed by atoms with Gasteiger partial charge >= 0.3 is 0 Å². The van der Waals surface area contributed by atoms with E-state index >= 15 is 0 Å². The molecule has 0 aliphatic heterocycles. The first-order chi connectivity index (χ1) is 6.86. The molecule has 15 heavy (non-hydrogen) atoms. The van der Waals surface area contributed by atoms with Gasteiger partial charge in [-0.25, -0.2) is 0 Å². The monoisotopic (exact) mass is 203 g/mol. The highest BCUT2D eigenvalue weighted by Crippen LogP contribution is 2.27. The van der Waals surface area contributed by atoms with Crippen LogP contribution in [0, 0.1) is 0 Å². The molecule has 0 heterocycles. The average molecular weight is 203 g/mol. The van der Waals surface area contributed by atoms with E-state index in [0.29, 0.717) is 0 Å². The number of carboxylic acid groups (broad SMARTS) is 1. The summed E-state index contributed by atoms with van der Waals surface area (Å²) in [7, 11) is 0. The fourth-order valence-corrected chi connectivity index (χ4v) is 1.49. The summed E-state index contributed by atoms with van der Waals surface area (Å²) in [6.45, 7) is 9.59. The lowest BCUT2D eigenvalue weighted by molar-refractivity contribution is -0.255. The molecule has 0 saturated heterocycles. The minimum absolute atomic E-state index is 0.214. The van der Waals surface area contributed by atoms with Gasteiger partial charge in [-0.3, -0.25) is 0 Å². The third-order valence-corrected chi connectivity index (χ3v) is 2.31. The lowest BCUT2D eigenvalue weighted by Gasteiger charge is -2.24. The van der Waals surface area contributed by atoms with Crippen molar-refractivity contribution < 1.29 is 9.90 Å². The first-order valence-corrected chi connectivity index (χ1v) is 4.84. The van der Waals surface area contributed by atoms with Crippen LogP contribution in [-0.2, 0) is 5.41 Å². The van der Waals surface area contributed by atoms with Crippen molar-refractivity contribution in [1.82, 2.24) is 0 Å². The Morgan fingerprint density at radius 1 is 1.40 bits per heavy atom. The number of carboxylic acids is 1. The fraction of sp³-hybridized carbons (Fsp3) is 0.308. The Balaban J connectivity index is 3.42. The predicted molar refractivity (Wildman–Crippen MR) is 59.6 cm³/mol. The van der Waals surface area contributed by atoms with Crippen molar-refractivity contribution in [3.63, 3.8) is 0 Å². The van der Waals surface area contributed by atoms with E-state index in [0.717, 1.165) is 11.1 Å². The van der Waals surface area contributed by atoms with Crippen molar-refractivity contribution in [3.8, 4) is 0 Å². The molecule has 0 aromatic heterocycles. The quantitative estimate of drug-likeness (QED) is 0.737. The van der Waals surface area contributed by atoms with Gasteiger partial charge in [0.15, 0.2) is 0 Å². The second-order valence-electron chi connectivity index (χ2n) is 4.55. The summed E-state index contributed by atoms with van der Waals surface area (Å²) in [5, 5.41) is 10.9. The van der Waals surface area contributed by atoms with E-state index < -0.39 is 5.97 Å². The van der Waals surface area contributed by atoms with E-state index in [1.165, 1.54) is 0 Å². The van der Waals surface area contributed by atoms with Gasteiger partial charge in [-0.1, -0.05) is 51.6 Å². The molecule has 0 spiro atoms. The van der Waals surface area contributed by atoms with Crippen LogP contribution in [0.3, 0.4) is 0 Å². The van der Waals surface area contributed by atoms with Crippen LogP contribution in [0.15, 0.2) is 24.8 Å². The Morgan fingerprint density at radius 2 is 2.00 bits per heavy atom. The molecule has 0 aliphatic rings. The maximum Gasteiger partial charge on any atom is 0.0718 e. The largest absolute Gasteiger partial charge is 0.545 e. The molecule has 0 fully saturated rings. The normalized spacial score (nSPS) is 11.1. The van der Waals surface area contributed by atoms with Gasteiger partial charge in [-0.2, -0.15) is 0 Å². The van der Waals surface area contributed by atoms with Gasteiger partial charge in [0, 0.05) is 5.56 Å². The summed E-state index contributed by atoms with van der Waals surface area (Å²) in [4.78, 5) is 10.9. The summed E-state index contributed by atoms with van der Waals surface area (Å²) in [6, 6.07) is 5.15. The number of carbonyl (C=O) groups is 1. The number of benzene rings is 1. The van der Waals surface area contributed by atoms with Crippen molar-refractivity contribution in [2.45, 2.75) is 26.2 Å². The Kier molecular flexibility index (Phi) is 2.98. The van der Waals surface area contributed by atoms with Crippen molar-refractivity contribution in [1.29, 1.82) is 0 Å². The SMILES string of the molecule is C=Cc1ccc(C(=O)[O-])c(C(C)(C)C)c1. The van der Waals surface area contributed by atoms with Gasteiger partial charge in [-0.15, -0.1) is 0 Å². The third-order valence-electron chi connectivity index (χ3n) is 2.31. The van der Waals surface area contributed by atoms with E-state index in [9.17, 15) is 9.90 Å². The number of hydrogen-bond donors (Lipinski definition) is 0. The van der Waals surface area contributed by atoms with Gasteiger partial charge < -0.3 is 9.90 Å². The molecule has 80 valence electrons. The second kappa shape index (κ2) is 3.89. The third kappa shape index (κ3) is 2.46. The molecule has 0 radical (unpaired) electrons. The summed E-state index contributed by atoms with van der Waals surface area (Å²) >= 11 is 0. The zero-order chi connectivity index (χ0) is 11.6. The lowest BCUT2D eigenvalue weighted by atomic mass is 9.83. The summed E-state index contributed by atoms with van der Waals surface area (Å²) in [5.41, 5.74) is 1.74. The molecular formula is C13H15O2-. The van der Waals surface area contributed by atoms with E-state index in [-0.39, 0.29) is 11.0 Å². The molecule has 2 heteroatoms. The molecule has 1 aromatic carbocycles. The van der Waals surface area contributed by atoms with Gasteiger partial charge in [0.25, 0.3) is 0 Å². The van der Waals surface area contributed by atoms with Crippen molar-refractivity contribution in [2.75, 3.05) is 0 Å². The van der Waals surface area contributed by atoms with Crippen LogP contribution in [0.2, 0.25) is 0 Å². The van der Waals surface area contributed by atoms with Crippen molar-refractivity contribution >= 4 is 12.0 Å². The Bertz CT molecular complexity index is 397. The summed E-state index contributed by atoms with van der Waals surface area (Å²) in [5.74, 6) is -1.13. The van der Waals surface area contributed by atoms with Crippen LogP contribution < -0.4 is 5.11 Å². The second-order valence-corrected chi connectivity index (χ2v) is 4.55. The lowest BCUT2D eigenvalue weighted by Crippen LogP contribution is -2.27. The minimum Gasteiger partial charge on any atom is -0.545 e. The van der Waals surface area contributed by atoms with E-state index in [1.54, 1.807) is 18.2 Å². The van der Waals surface area contributed by atoms with Crippen LogP contribution in [-0.4, -0.2) is 5.97 Å². The van der Waals surface area contributed by atoms with E-state index in [2.05, 4.69) is 6.58 Å². The molecule has 1 rings (SSSR count). The van der Waals surface area contributed by atoms with Crippen LogP contribution >= 0.6 is 0 Å². The molecule has 2 nitrogen and oxygen atoms in total.